The lowest BCUT2D eigenvalue weighted by atomic mass is 9.92. The number of fused-ring (bicyclic) bond motifs is 1. The number of piperidine rings is 1. The van der Waals surface area contributed by atoms with E-state index in [9.17, 15) is 0 Å². The lowest BCUT2D eigenvalue weighted by Crippen LogP contribution is -2.50. The summed E-state index contributed by atoms with van der Waals surface area (Å²) in [6.45, 7) is 5.46. The van der Waals surface area contributed by atoms with Gasteiger partial charge in [0.25, 0.3) is 0 Å². The molecule has 6 heteroatoms. The smallest absolute Gasteiger partial charge is 0.226 e. The minimum Gasteiger partial charge on any atom is -0.354 e. The molecule has 4 rings (SSSR count). The van der Waals surface area contributed by atoms with Crippen molar-refractivity contribution in [2.24, 2.45) is 5.92 Å². The Bertz CT molecular complexity index is 878. The molecule has 1 aliphatic rings. The van der Waals surface area contributed by atoms with Crippen molar-refractivity contribution in [2.75, 3.05) is 25.0 Å². The molecule has 1 aromatic carbocycles. The number of aromatic nitrogens is 3. The molecule has 3 aromatic rings. The maximum absolute atomic E-state index is 6.16. The van der Waals surface area contributed by atoms with Crippen molar-refractivity contribution < 1.29 is 0 Å². The van der Waals surface area contributed by atoms with Gasteiger partial charge in [-0.3, -0.25) is 4.90 Å². The van der Waals surface area contributed by atoms with Crippen molar-refractivity contribution in [1.29, 1.82) is 0 Å². The quantitative estimate of drug-likeness (QED) is 0.707. The molecule has 0 unspecified atom stereocenters. The predicted molar refractivity (Wildman–Crippen MR) is 107 cm³/mol. The van der Waals surface area contributed by atoms with E-state index in [2.05, 4.69) is 69.1 Å². The van der Waals surface area contributed by atoms with Crippen LogP contribution in [0.5, 0.6) is 0 Å². The molecule has 0 bridgehead atoms. The van der Waals surface area contributed by atoms with Gasteiger partial charge in [0.1, 0.15) is 11.5 Å². The van der Waals surface area contributed by atoms with Crippen LogP contribution in [0, 0.1) is 5.92 Å². The van der Waals surface area contributed by atoms with Gasteiger partial charge < -0.3 is 9.88 Å². The third kappa shape index (κ3) is 3.41. The van der Waals surface area contributed by atoms with E-state index >= 15 is 0 Å². The lowest BCUT2D eigenvalue weighted by molar-refractivity contribution is 0.159. The van der Waals surface area contributed by atoms with E-state index in [-0.39, 0.29) is 5.28 Å². The van der Waals surface area contributed by atoms with Gasteiger partial charge in [-0.15, -0.1) is 0 Å². The molecule has 1 fully saturated rings. The number of likely N-dealkylation sites (tertiary alicyclic amines) is 1. The molecule has 0 radical (unpaired) electrons. The fourth-order valence-electron chi connectivity index (χ4n) is 3.93. The maximum Gasteiger partial charge on any atom is 0.226 e. The second-order valence-corrected chi connectivity index (χ2v) is 7.56. The number of hydrogen-bond donors (Lipinski definition) is 1. The van der Waals surface area contributed by atoms with Gasteiger partial charge in [-0.2, -0.15) is 9.97 Å². The second kappa shape index (κ2) is 7.25. The van der Waals surface area contributed by atoms with E-state index in [1.807, 2.05) is 12.3 Å². The summed E-state index contributed by atoms with van der Waals surface area (Å²) in [6, 6.07) is 13.1. The van der Waals surface area contributed by atoms with Crippen molar-refractivity contribution in [1.82, 2.24) is 19.9 Å². The van der Waals surface area contributed by atoms with Gasteiger partial charge in [-0.25, -0.2) is 0 Å². The number of nitrogens with one attached hydrogen (secondary N) is 1. The molecule has 2 atom stereocenters. The van der Waals surface area contributed by atoms with Crippen LogP contribution in [0.15, 0.2) is 42.6 Å². The topological polar surface area (TPSA) is 48.1 Å². The fraction of sp³-hybridized carbons (Fsp3) is 0.400. The third-order valence-corrected chi connectivity index (χ3v) is 5.62. The Morgan fingerprint density at radius 2 is 2.04 bits per heavy atom. The van der Waals surface area contributed by atoms with Gasteiger partial charge in [-0.1, -0.05) is 37.3 Å². The van der Waals surface area contributed by atoms with Gasteiger partial charge in [0.05, 0.1) is 5.39 Å². The Hall–Kier alpha value is -2.11. The highest BCUT2D eigenvalue weighted by Gasteiger charge is 2.31. The standard InChI is InChI=1S/C20H24ClN5/c1-14-9-11-26(12-15-6-4-3-5-7-15)13-17(14)25(2)19-16-8-10-22-18(16)23-20(21)24-19/h3-8,10,14,17H,9,11-13H2,1-2H3,(H,22,23,24)/t14-,17+/m0/s1. The number of halogens is 1. The minimum atomic E-state index is 0.284. The van der Waals surface area contributed by atoms with Crippen molar-refractivity contribution in [3.63, 3.8) is 0 Å². The van der Waals surface area contributed by atoms with Crippen LogP contribution in [-0.2, 0) is 6.54 Å². The molecule has 0 spiro atoms. The highest BCUT2D eigenvalue weighted by Crippen LogP contribution is 2.30. The van der Waals surface area contributed by atoms with E-state index in [0.717, 1.165) is 36.5 Å². The van der Waals surface area contributed by atoms with Gasteiger partial charge in [0.15, 0.2) is 0 Å². The fourth-order valence-corrected chi connectivity index (χ4v) is 4.09. The van der Waals surface area contributed by atoms with Crippen molar-refractivity contribution >= 4 is 28.5 Å². The summed E-state index contributed by atoms with van der Waals surface area (Å²) >= 11 is 6.16. The molecule has 1 N–H and O–H groups in total. The zero-order chi connectivity index (χ0) is 18.1. The van der Waals surface area contributed by atoms with Gasteiger partial charge in [0, 0.05) is 32.4 Å². The molecule has 2 aromatic heterocycles. The summed E-state index contributed by atoms with van der Waals surface area (Å²) in [5.74, 6) is 1.49. The van der Waals surface area contributed by atoms with Gasteiger partial charge in [-0.05, 0) is 42.1 Å². The van der Waals surface area contributed by atoms with Gasteiger partial charge in [0.2, 0.25) is 5.28 Å². The van der Waals surface area contributed by atoms with Crippen molar-refractivity contribution in [2.45, 2.75) is 25.9 Å². The molecular weight excluding hydrogens is 346 g/mol. The molecule has 0 amide bonds. The summed E-state index contributed by atoms with van der Waals surface area (Å²) in [7, 11) is 2.12. The molecule has 1 saturated heterocycles. The first-order chi connectivity index (χ1) is 12.6. The molecule has 0 aliphatic carbocycles. The highest BCUT2D eigenvalue weighted by atomic mass is 35.5. The van der Waals surface area contributed by atoms with Crippen molar-refractivity contribution in [3.05, 3.63) is 53.4 Å². The van der Waals surface area contributed by atoms with Crippen LogP contribution in [0.1, 0.15) is 18.9 Å². The summed E-state index contributed by atoms with van der Waals surface area (Å²) < 4.78 is 0. The third-order valence-electron chi connectivity index (χ3n) is 5.45. The number of hydrogen-bond acceptors (Lipinski definition) is 4. The van der Waals surface area contributed by atoms with Crippen LogP contribution >= 0.6 is 11.6 Å². The normalized spacial score (nSPS) is 21.2. The molecule has 1 aliphatic heterocycles. The van der Waals surface area contributed by atoms with E-state index in [1.165, 1.54) is 12.0 Å². The van der Waals surface area contributed by atoms with Gasteiger partial charge >= 0.3 is 0 Å². The van der Waals surface area contributed by atoms with Crippen LogP contribution in [0.2, 0.25) is 5.28 Å². The van der Waals surface area contributed by atoms with Crippen LogP contribution in [-0.4, -0.2) is 46.0 Å². The first-order valence-corrected chi connectivity index (χ1v) is 9.49. The Balaban J connectivity index is 1.57. The summed E-state index contributed by atoms with van der Waals surface area (Å²) in [4.78, 5) is 16.8. The van der Waals surface area contributed by atoms with E-state index in [1.54, 1.807) is 0 Å². The number of likely N-dealkylation sites (N-methyl/N-ethyl adjacent to an activating group) is 1. The molecule has 0 saturated carbocycles. The molecule has 5 nitrogen and oxygen atoms in total. The number of nitrogens with zero attached hydrogens (tertiary/aromatic N) is 4. The average molecular weight is 370 g/mol. The Kier molecular flexibility index (Phi) is 4.83. The predicted octanol–water partition coefficient (Wildman–Crippen LogP) is 3.96. The largest absolute Gasteiger partial charge is 0.354 e. The zero-order valence-electron chi connectivity index (χ0n) is 15.2. The Morgan fingerprint density at radius 1 is 1.23 bits per heavy atom. The number of benzene rings is 1. The first-order valence-electron chi connectivity index (χ1n) is 9.11. The first kappa shape index (κ1) is 17.3. The molecule has 136 valence electrons. The van der Waals surface area contributed by atoms with Crippen LogP contribution in [0.4, 0.5) is 5.82 Å². The summed E-state index contributed by atoms with van der Waals surface area (Å²) in [5, 5.41) is 1.30. The molecule has 3 heterocycles. The van der Waals surface area contributed by atoms with Crippen LogP contribution < -0.4 is 4.90 Å². The molecule has 26 heavy (non-hydrogen) atoms. The number of rotatable bonds is 4. The van der Waals surface area contributed by atoms with Crippen LogP contribution in [0.25, 0.3) is 11.0 Å². The van der Waals surface area contributed by atoms with E-state index in [4.69, 9.17) is 11.6 Å². The SMILES string of the molecule is C[C@H]1CCN(Cc2ccccc2)C[C@H]1N(C)c1nc(Cl)nc2[nH]ccc12. The number of aromatic amines is 1. The minimum absolute atomic E-state index is 0.284. The molecular formula is C20H24ClN5. The average Bonchev–Trinajstić information content (AvgIpc) is 3.11. The number of H-pyrrole nitrogens is 1. The zero-order valence-corrected chi connectivity index (χ0v) is 15.9. The van der Waals surface area contributed by atoms with Crippen molar-refractivity contribution in [3.8, 4) is 0 Å². The van der Waals surface area contributed by atoms with E-state index < -0.39 is 0 Å². The summed E-state index contributed by atoms with van der Waals surface area (Å²) in [5.41, 5.74) is 2.15. The lowest BCUT2D eigenvalue weighted by Gasteiger charge is -2.42. The highest BCUT2D eigenvalue weighted by molar-refractivity contribution is 6.28. The second-order valence-electron chi connectivity index (χ2n) is 7.22. The number of anilines is 1. The maximum atomic E-state index is 6.16. The van der Waals surface area contributed by atoms with E-state index in [0.29, 0.717) is 12.0 Å². The van der Waals surface area contributed by atoms with Crippen LogP contribution in [0.3, 0.4) is 0 Å². The Morgan fingerprint density at radius 3 is 2.85 bits per heavy atom. The summed E-state index contributed by atoms with van der Waals surface area (Å²) in [6.07, 6.45) is 3.07. The Labute approximate surface area is 159 Å². The monoisotopic (exact) mass is 369 g/mol.